The number of unbranched alkanes of at least 4 members (excludes halogenated alkanes) is 2. The van der Waals surface area contributed by atoms with Gasteiger partial charge in [0.15, 0.2) is 0 Å². The normalized spacial score (nSPS) is 15.8. The van der Waals surface area contributed by atoms with Crippen molar-refractivity contribution in [2.75, 3.05) is 40.0 Å². The average Bonchev–Trinajstić information content (AvgIpc) is 3.00. The average molecular weight is 618 g/mol. The minimum absolute atomic E-state index is 0.0375. The molecule has 1 aliphatic rings. The molecule has 7 amide bonds. The zero-order valence-corrected chi connectivity index (χ0v) is 24.9. The lowest BCUT2D eigenvalue weighted by molar-refractivity contribution is -0.136. The summed E-state index contributed by atoms with van der Waals surface area (Å²) in [6.07, 6.45) is 4.13. The Hall–Kier alpha value is -4.53. The van der Waals surface area contributed by atoms with Gasteiger partial charge in [0.05, 0.1) is 25.7 Å². The first-order valence-electron chi connectivity index (χ1n) is 14.6. The number of hydrogen-bond donors (Lipinski definition) is 7. The van der Waals surface area contributed by atoms with Gasteiger partial charge in [-0.15, -0.1) is 0 Å². The number of carbonyl (C=O) groups is 7. The lowest BCUT2D eigenvalue weighted by atomic mass is 9.82. The third-order valence-corrected chi connectivity index (χ3v) is 6.86. The quantitative estimate of drug-likeness (QED) is 0.0464. The number of amides is 7. The van der Waals surface area contributed by atoms with Crippen LogP contribution in [0.25, 0.3) is 0 Å². The molecule has 1 atom stereocenters. The number of nitrogens with one attached hydrogen (secondary N) is 7. The van der Waals surface area contributed by atoms with Crippen molar-refractivity contribution in [3.05, 3.63) is 35.9 Å². The summed E-state index contributed by atoms with van der Waals surface area (Å²) in [5.74, 6) is -2.71. The summed E-state index contributed by atoms with van der Waals surface area (Å²) in [7, 11) is 1.58. The predicted octanol–water partition coefficient (Wildman–Crippen LogP) is -2.02. The Kier molecular flexibility index (Phi) is 16.5. The number of benzene rings is 1. The first-order chi connectivity index (χ1) is 21.2. The van der Waals surface area contributed by atoms with E-state index in [1.54, 1.807) is 31.3 Å². The highest BCUT2D eigenvalue weighted by molar-refractivity contribution is 5.92. The SMILES string of the molecule is CNC(=O)C1CC(OCNC(=O)CNC(=O)[C@H](Cc2ccccc2)NC(=O)CNC(=O)CNC(=O)CCCCCNC=O)C1. The molecule has 0 spiro atoms. The summed E-state index contributed by atoms with van der Waals surface area (Å²) in [4.78, 5) is 83.4. The van der Waals surface area contributed by atoms with Crippen molar-refractivity contribution < 1.29 is 38.3 Å². The molecule has 242 valence electrons. The lowest BCUT2D eigenvalue weighted by Crippen LogP contribution is -2.52. The van der Waals surface area contributed by atoms with Gasteiger partial charge in [-0.2, -0.15) is 0 Å². The number of ether oxygens (including phenoxy) is 1. The molecule has 0 unspecified atom stereocenters. The van der Waals surface area contributed by atoms with Gasteiger partial charge in [0.1, 0.15) is 12.8 Å². The van der Waals surface area contributed by atoms with Gasteiger partial charge in [-0.25, -0.2) is 0 Å². The van der Waals surface area contributed by atoms with E-state index >= 15 is 0 Å². The molecule has 1 aromatic rings. The zero-order valence-electron chi connectivity index (χ0n) is 24.9. The van der Waals surface area contributed by atoms with E-state index in [9.17, 15) is 33.6 Å². The van der Waals surface area contributed by atoms with E-state index in [4.69, 9.17) is 4.74 Å². The van der Waals surface area contributed by atoms with Crippen molar-refractivity contribution in [1.29, 1.82) is 0 Å². The molecule has 15 heteroatoms. The monoisotopic (exact) mass is 617 g/mol. The molecule has 15 nitrogen and oxygen atoms in total. The fourth-order valence-corrected chi connectivity index (χ4v) is 4.27. The highest BCUT2D eigenvalue weighted by atomic mass is 16.5. The van der Waals surface area contributed by atoms with Crippen molar-refractivity contribution in [2.45, 2.75) is 57.1 Å². The van der Waals surface area contributed by atoms with Gasteiger partial charge < -0.3 is 42.0 Å². The second-order valence-electron chi connectivity index (χ2n) is 10.3. The van der Waals surface area contributed by atoms with Gasteiger partial charge in [-0.05, 0) is 31.2 Å². The Bertz CT molecular complexity index is 1110. The number of hydrogen-bond acceptors (Lipinski definition) is 8. The highest BCUT2D eigenvalue weighted by Crippen LogP contribution is 2.29. The van der Waals surface area contributed by atoms with Crippen LogP contribution in [0.2, 0.25) is 0 Å². The third kappa shape index (κ3) is 14.6. The van der Waals surface area contributed by atoms with Crippen LogP contribution in [0.5, 0.6) is 0 Å². The Morgan fingerprint density at radius 1 is 0.841 bits per heavy atom. The van der Waals surface area contributed by atoms with Crippen LogP contribution in [0.1, 0.15) is 44.1 Å². The van der Waals surface area contributed by atoms with Crippen molar-refractivity contribution >= 4 is 41.9 Å². The maximum atomic E-state index is 12.9. The van der Waals surface area contributed by atoms with E-state index in [0.29, 0.717) is 32.2 Å². The summed E-state index contributed by atoms with van der Waals surface area (Å²) in [6, 6.07) is 7.95. The maximum Gasteiger partial charge on any atom is 0.243 e. The van der Waals surface area contributed by atoms with Crippen LogP contribution in [0.3, 0.4) is 0 Å². The molecule has 0 saturated heterocycles. The Balaban J connectivity index is 1.71. The summed E-state index contributed by atoms with van der Waals surface area (Å²) < 4.78 is 5.52. The van der Waals surface area contributed by atoms with Crippen LogP contribution in [-0.4, -0.2) is 94.0 Å². The van der Waals surface area contributed by atoms with E-state index in [0.717, 1.165) is 18.4 Å². The molecule has 1 aliphatic carbocycles. The van der Waals surface area contributed by atoms with Crippen molar-refractivity contribution in [3.8, 4) is 0 Å². The molecule has 1 saturated carbocycles. The fraction of sp³-hybridized carbons (Fsp3) is 0.552. The van der Waals surface area contributed by atoms with E-state index in [2.05, 4.69) is 37.2 Å². The van der Waals surface area contributed by atoms with Crippen LogP contribution in [0.4, 0.5) is 0 Å². The van der Waals surface area contributed by atoms with E-state index in [1.807, 2.05) is 6.07 Å². The molecule has 1 fully saturated rings. The molecule has 7 N–H and O–H groups in total. The number of rotatable bonds is 21. The van der Waals surface area contributed by atoms with Crippen LogP contribution in [-0.2, 0) is 44.7 Å². The van der Waals surface area contributed by atoms with Gasteiger partial charge in [0.25, 0.3) is 0 Å². The molecular formula is C29H43N7O8. The van der Waals surface area contributed by atoms with Gasteiger partial charge in [-0.3, -0.25) is 33.6 Å². The fourth-order valence-electron chi connectivity index (χ4n) is 4.27. The van der Waals surface area contributed by atoms with Gasteiger partial charge >= 0.3 is 0 Å². The first kappa shape index (κ1) is 35.7. The standard InChI is InChI=1S/C29H43N7O8/c1-30-28(42)21-13-22(14-21)44-19-35-26(40)16-34-29(43)23(12-20-8-4-2-5-9-20)36-27(41)17-33-25(39)15-32-24(38)10-6-3-7-11-31-18-37/h2,4-5,8-9,18,21-23H,3,6-7,10-17,19H2,1H3,(H,30,42)(H,31,37)(H,32,38)(H,33,39)(H,34,43)(H,35,40)(H,36,41)/t21?,22?,23-/m0/s1. The van der Waals surface area contributed by atoms with Crippen molar-refractivity contribution in [3.63, 3.8) is 0 Å². The lowest BCUT2D eigenvalue weighted by Gasteiger charge is -2.33. The molecule has 0 bridgehead atoms. The van der Waals surface area contributed by atoms with Gasteiger partial charge in [-0.1, -0.05) is 36.8 Å². The number of carbonyl (C=O) groups excluding carboxylic acids is 7. The minimum atomic E-state index is -1.02. The minimum Gasteiger partial charge on any atom is -0.359 e. The van der Waals surface area contributed by atoms with Gasteiger partial charge in [0, 0.05) is 32.4 Å². The second kappa shape index (κ2) is 20.4. The van der Waals surface area contributed by atoms with E-state index in [1.165, 1.54) is 0 Å². The van der Waals surface area contributed by atoms with Gasteiger partial charge in [0.2, 0.25) is 41.9 Å². The molecule has 0 radical (unpaired) electrons. The summed E-state index contributed by atoms with van der Waals surface area (Å²) >= 11 is 0. The Morgan fingerprint density at radius 2 is 1.50 bits per heavy atom. The first-order valence-corrected chi connectivity index (χ1v) is 14.6. The maximum absolute atomic E-state index is 12.9. The molecule has 2 rings (SSSR count). The van der Waals surface area contributed by atoms with E-state index in [-0.39, 0.29) is 56.5 Å². The molecule has 44 heavy (non-hydrogen) atoms. The Labute approximate surface area is 256 Å². The predicted molar refractivity (Wildman–Crippen MR) is 158 cm³/mol. The van der Waals surface area contributed by atoms with Crippen molar-refractivity contribution in [1.82, 2.24) is 37.2 Å². The Morgan fingerprint density at radius 3 is 2.20 bits per heavy atom. The van der Waals surface area contributed by atoms with Crippen LogP contribution >= 0.6 is 0 Å². The van der Waals surface area contributed by atoms with E-state index < -0.39 is 36.2 Å². The molecule has 0 aliphatic heterocycles. The van der Waals surface area contributed by atoms with Crippen LogP contribution in [0, 0.1) is 5.92 Å². The molecule has 0 heterocycles. The van der Waals surface area contributed by atoms with Crippen LogP contribution in [0.15, 0.2) is 30.3 Å². The zero-order chi connectivity index (χ0) is 32.2. The smallest absolute Gasteiger partial charge is 0.243 e. The topological polar surface area (TPSA) is 213 Å². The summed E-state index contributed by atoms with van der Waals surface area (Å²) in [5, 5.41) is 17.6. The summed E-state index contributed by atoms with van der Waals surface area (Å²) in [6.45, 7) is -0.596. The van der Waals surface area contributed by atoms with Crippen LogP contribution < -0.4 is 37.2 Å². The molecule has 0 aromatic heterocycles. The largest absolute Gasteiger partial charge is 0.359 e. The second-order valence-corrected chi connectivity index (χ2v) is 10.3. The molecule has 1 aromatic carbocycles. The summed E-state index contributed by atoms with van der Waals surface area (Å²) in [5.41, 5.74) is 0.771. The van der Waals surface area contributed by atoms with Crippen molar-refractivity contribution in [2.24, 2.45) is 5.92 Å². The highest BCUT2D eigenvalue weighted by Gasteiger charge is 2.34. The molecular weight excluding hydrogens is 574 g/mol. The third-order valence-electron chi connectivity index (χ3n) is 6.86.